The second kappa shape index (κ2) is 9.65. The Labute approximate surface area is 182 Å². The summed E-state index contributed by atoms with van der Waals surface area (Å²) in [4.78, 5) is 22.9. The van der Waals surface area contributed by atoms with Crippen LogP contribution in [-0.4, -0.2) is 41.4 Å². The molecule has 0 aliphatic rings. The summed E-state index contributed by atoms with van der Waals surface area (Å²) >= 11 is 0. The molecule has 7 nitrogen and oxygen atoms in total. The number of amides is 1. The van der Waals surface area contributed by atoms with Crippen molar-refractivity contribution in [3.05, 3.63) is 77.2 Å². The molecular formula is C22H21F3N4O3. The summed E-state index contributed by atoms with van der Waals surface area (Å²) in [6, 6.07) is 11.7. The van der Waals surface area contributed by atoms with Gasteiger partial charge in [0, 0.05) is 43.5 Å². The molecule has 1 aromatic heterocycles. The molecule has 0 aliphatic carbocycles. The highest BCUT2D eigenvalue weighted by atomic mass is 19.4. The summed E-state index contributed by atoms with van der Waals surface area (Å²) < 4.78 is 40.5. The van der Waals surface area contributed by atoms with E-state index in [4.69, 9.17) is 0 Å². The number of alkyl halides is 3. The Kier molecular flexibility index (Phi) is 6.94. The lowest BCUT2D eigenvalue weighted by Crippen LogP contribution is -2.17. The van der Waals surface area contributed by atoms with E-state index >= 15 is 0 Å². The zero-order valence-electron chi connectivity index (χ0n) is 17.3. The van der Waals surface area contributed by atoms with Gasteiger partial charge in [0.2, 0.25) is 0 Å². The van der Waals surface area contributed by atoms with Crippen LogP contribution >= 0.6 is 0 Å². The lowest BCUT2D eigenvalue weighted by atomic mass is 10.1. The number of nitrogens with zero attached hydrogens (tertiary/aromatic N) is 3. The Bertz CT molecular complexity index is 1070. The Morgan fingerprint density at radius 3 is 2.31 bits per heavy atom. The molecule has 0 radical (unpaired) electrons. The number of carbonyl (C=O) groups excluding carboxylic acids is 1. The van der Waals surface area contributed by atoms with Crippen LogP contribution < -0.4 is 15.0 Å². The predicted octanol–water partition coefficient (Wildman–Crippen LogP) is 3.78. The van der Waals surface area contributed by atoms with E-state index in [1.165, 1.54) is 12.1 Å². The number of aliphatic hydroxyl groups is 1. The van der Waals surface area contributed by atoms with Crippen molar-refractivity contribution < 1.29 is 27.8 Å². The highest BCUT2D eigenvalue weighted by Crippen LogP contribution is 2.23. The first-order chi connectivity index (χ1) is 15.1. The number of rotatable bonds is 7. The molecule has 2 aromatic carbocycles. The van der Waals surface area contributed by atoms with Gasteiger partial charge in [0.1, 0.15) is 17.4 Å². The number of nitrogens with one attached hydrogen (secondary N) is 1. The maximum absolute atomic E-state index is 12.3. The third kappa shape index (κ3) is 6.17. The highest BCUT2D eigenvalue weighted by Gasteiger charge is 2.31. The van der Waals surface area contributed by atoms with Crippen molar-refractivity contribution >= 4 is 17.4 Å². The van der Waals surface area contributed by atoms with E-state index < -0.39 is 18.0 Å². The summed E-state index contributed by atoms with van der Waals surface area (Å²) in [5.41, 5.74) is 2.27. The van der Waals surface area contributed by atoms with E-state index in [2.05, 4.69) is 20.0 Å². The number of halogens is 3. The lowest BCUT2D eigenvalue weighted by molar-refractivity contribution is -0.274. The first kappa shape index (κ1) is 23.0. The number of aromatic nitrogens is 2. The third-order valence-corrected chi connectivity index (χ3v) is 4.41. The number of aliphatic hydroxyl groups excluding tert-OH is 1. The average molecular weight is 446 g/mol. The summed E-state index contributed by atoms with van der Waals surface area (Å²) in [6.45, 7) is -0.153. The first-order valence-corrected chi connectivity index (χ1v) is 9.53. The minimum Gasteiger partial charge on any atom is -0.406 e. The quantitative estimate of drug-likeness (QED) is 0.575. The molecule has 1 amide bonds. The monoisotopic (exact) mass is 446 g/mol. The van der Waals surface area contributed by atoms with Gasteiger partial charge in [0.25, 0.3) is 5.91 Å². The van der Waals surface area contributed by atoms with Gasteiger partial charge in [-0.3, -0.25) is 4.79 Å². The molecule has 32 heavy (non-hydrogen) atoms. The molecule has 0 bridgehead atoms. The third-order valence-electron chi connectivity index (χ3n) is 4.41. The smallest absolute Gasteiger partial charge is 0.406 e. The molecule has 0 unspecified atom stereocenters. The number of hydrogen-bond acceptors (Lipinski definition) is 6. The Balaban J connectivity index is 1.63. The molecule has 0 saturated heterocycles. The molecular weight excluding hydrogens is 425 g/mol. The molecule has 3 aromatic rings. The number of anilines is 2. The van der Waals surface area contributed by atoms with Gasteiger partial charge in [0.15, 0.2) is 0 Å². The van der Waals surface area contributed by atoms with Crippen molar-refractivity contribution in [2.24, 2.45) is 0 Å². The zero-order valence-corrected chi connectivity index (χ0v) is 17.3. The van der Waals surface area contributed by atoms with Crippen molar-refractivity contribution in [1.29, 1.82) is 0 Å². The van der Waals surface area contributed by atoms with Gasteiger partial charge in [-0.15, -0.1) is 13.2 Å². The fraction of sp³-hybridized carbons (Fsp3) is 0.227. The van der Waals surface area contributed by atoms with Crippen LogP contribution in [0.1, 0.15) is 27.3 Å². The maximum atomic E-state index is 12.3. The van der Waals surface area contributed by atoms with Gasteiger partial charge in [-0.1, -0.05) is 12.1 Å². The fourth-order valence-corrected chi connectivity index (χ4v) is 2.92. The van der Waals surface area contributed by atoms with E-state index in [9.17, 15) is 23.1 Å². The van der Waals surface area contributed by atoms with Crippen LogP contribution in [0.25, 0.3) is 0 Å². The Morgan fingerprint density at radius 1 is 1.09 bits per heavy atom. The van der Waals surface area contributed by atoms with Crippen LogP contribution in [0.5, 0.6) is 5.75 Å². The topological polar surface area (TPSA) is 87.6 Å². The van der Waals surface area contributed by atoms with E-state index in [1.54, 1.807) is 23.2 Å². The van der Waals surface area contributed by atoms with Crippen LogP contribution in [0.2, 0.25) is 0 Å². The predicted molar refractivity (Wildman–Crippen MR) is 113 cm³/mol. The van der Waals surface area contributed by atoms with E-state index in [0.717, 1.165) is 17.7 Å². The summed E-state index contributed by atoms with van der Waals surface area (Å²) in [5, 5.41) is 12.1. The molecule has 0 atom stereocenters. The SMILES string of the molecule is CN(C)c1nc(Cc2ccc(NC(=O)c3ccc(OC(F)(F)F)cc3)cc2)ncc1CO. The highest BCUT2D eigenvalue weighted by molar-refractivity contribution is 6.04. The Hall–Kier alpha value is -3.66. The molecule has 10 heteroatoms. The average Bonchev–Trinajstić information content (AvgIpc) is 2.74. The van der Waals surface area contributed by atoms with Gasteiger partial charge in [-0.25, -0.2) is 9.97 Å². The van der Waals surface area contributed by atoms with Crippen LogP contribution in [0, 0.1) is 0 Å². The van der Waals surface area contributed by atoms with Crippen LogP contribution in [0.3, 0.4) is 0 Å². The van der Waals surface area contributed by atoms with Crippen LogP contribution in [0.15, 0.2) is 54.7 Å². The molecule has 0 saturated carbocycles. The summed E-state index contributed by atoms with van der Waals surface area (Å²) in [5.74, 6) is 0.372. The number of carbonyl (C=O) groups is 1. The van der Waals surface area contributed by atoms with E-state index in [1.807, 2.05) is 26.2 Å². The summed E-state index contributed by atoms with van der Waals surface area (Å²) in [6.07, 6.45) is -2.73. The Morgan fingerprint density at radius 2 is 1.75 bits per heavy atom. The second-order valence-electron chi connectivity index (χ2n) is 7.09. The van der Waals surface area contributed by atoms with Crippen molar-refractivity contribution in [3.63, 3.8) is 0 Å². The molecule has 0 aliphatic heterocycles. The summed E-state index contributed by atoms with van der Waals surface area (Å²) in [7, 11) is 3.67. The van der Waals surface area contributed by atoms with E-state index in [-0.39, 0.29) is 12.2 Å². The van der Waals surface area contributed by atoms with Crippen molar-refractivity contribution in [3.8, 4) is 5.75 Å². The standard InChI is InChI=1S/C22H21F3N4O3/c1-29(2)20-16(13-30)12-26-19(28-20)11-14-3-7-17(8-4-14)27-21(31)15-5-9-18(10-6-15)32-22(23,24)25/h3-10,12,30H,11,13H2,1-2H3,(H,27,31). The fourth-order valence-electron chi connectivity index (χ4n) is 2.92. The van der Waals surface area contributed by atoms with Gasteiger partial charge in [-0.2, -0.15) is 0 Å². The van der Waals surface area contributed by atoms with Crippen molar-refractivity contribution in [1.82, 2.24) is 9.97 Å². The maximum Gasteiger partial charge on any atom is 0.573 e. The van der Waals surface area contributed by atoms with E-state index in [0.29, 0.717) is 29.3 Å². The zero-order chi connectivity index (χ0) is 23.3. The number of hydrogen-bond donors (Lipinski definition) is 2. The molecule has 1 heterocycles. The minimum atomic E-state index is -4.79. The normalized spacial score (nSPS) is 11.2. The van der Waals surface area contributed by atoms with Crippen molar-refractivity contribution in [2.75, 3.05) is 24.3 Å². The molecule has 2 N–H and O–H groups in total. The lowest BCUT2D eigenvalue weighted by Gasteiger charge is -2.15. The molecule has 3 rings (SSSR count). The first-order valence-electron chi connectivity index (χ1n) is 9.53. The largest absolute Gasteiger partial charge is 0.573 e. The molecule has 0 spiro atoms. The van der Waals surface area contributed by atoms with Crippen molar-refractivity contribution in [2.45, 2.75) is 19.4 Å². The van der Waals surface area contributed by atoms with Crippen LogP contribution in [0.4, 0.5) is 24.7 Å². The number of ether oxygens (including phenoxy) is 1. The minimum absolute atomic E-state index is 0.153. The van der Waals surface area contributed by atoms with Gasteiger partial charge < -0.3 is 20.1 Å². The molecule has 0 fully saturated rings. The number of benzene rings is 2. The van der Waals surface area contributed by atoms with Gasteiger partial charge in [0.05, 0.1) is 6.61 Å². The van der Waals surface area contributed by atoms with Gasteiger partial charge in [-0.05, 0) is 42.0 Å². The van der Waals surface area contributed by atoms with Crippen LogP contribution in [-0.2, 0) is 13.0 Å². The second-order valence-corrected chi connectivity index (χ2v) is 7.09. The molecule has 168 valence electrons. The van der Waals surface area contributed by atoms with Gasteiger partial charge >= 0.3 is 6.36 Å².